The number of aromatic nitrogens is 3. The van der Waals surface area contributed by atoms with E-state index in [0.717, 1.165) is 12.1 Å². The number of hydrogen-bond acceptors (Lipinski definition) is 6. The molecule has 0 atom stereocenters. The van der Waals surface area contributed by atoms with Crippen LogP contribution in [0.5, 0.6) is 0 Å². The van der Waals surface area contributed by atoms with E-state index in [9.17, 15) is 13.2 Å². The van der Waals surface area contributed by atoms with E-state index in [-0.39, 0.29) is 16.9 Å². The first-order valence-electron chi connectivity index (χ1n) is 7.10. The van der Waals surface area contributed by atoms with Crippen molar-refractivity contribution in [2.75, 3.05) is 36.5 Å². The van der Waals surface area contributed by atoms with Crippen LogP contribution < -0.4 is 10.2 Å². The second kappa shape index (κ2) is 6.78. The predicted molar refractivity (Wildman–Crippen MR) is 82.6 cm³/mol. The molecule has 0 spiro atoms. The molecule has 10 heteroatoms. The van der Waals surface area contributed by atoms with Gasteiger partial charge < -0.3 is 15.0 Å². The third kappa shape index (κ3) is 4.04. The van der Waals surface area contributed by atoms with Crippen molar-refractivity contribution in [3.05, 3.63) is 35.1 Å². The molecular weight excluding hydrogens is 347 g/mol. The second-order valence-corrected chi connectivity index (χ2v) is 5.37. The highest BCUT2D eigenvalue weighted by atomic mass is 35.5. The average molecular weight is 360 g/mol. The fraction of sp³-hybridized carbons (Fsp3) is 0.357. The maximum absolute atomic E-state index is 12.8. The molecule has 0 saturated carbocycles. The van der Waals surface area contributed by atoms with Crippen molar-refractivity contribution in [1.82, 2.24) is 15.0 Å². The van der Waals surface area contributed by atoms with Crippen LogP contribution in [0.25, 0.3) is 0 Å². The summed E-state index contributed by atoms with van der Waals surface area (Å²) in [5, 5.41) is 2.69. The molecule has 1 N–H and O–H groups in total. The van der Waals surface area contributed by atoms with Crippen LogP contribution in [0.1, 0.15) is 5.56 Å². The van der Waals surface area contributed by atoms with Gasteiger partial charge in [0.2, 0.25) is 17.2 Å². The molecular formula is C14H13ClF3N5O. The third-order valence-electron chi connectivity index (χ3n) is 3.34. The standard InChI is InChI=1S/C14H13ClF3N5O/c15-11-20-12(22-13(21-11)23-4-6-24-7-5-23)19-10-3-1-2-9(8-10)14(16,17)18/h1-3,8H,4-7H2,(H,19,20,21,22). The fourth-order valence-electron chi connectivity index (χ4n) is 2.20. The fourth-order valence-corrected chi connectivity index (χ4v) is 2.36. The number of ether oxygens (including phenoxy) is 1. The molecule has 1 fully saturated rings. The van der Waals surface area contributed by atoms with Gasteiger partial charge in [0.15, 0.2) is 0 Å². The molecule has 1 aromatic heterocycles. The summed E-state index contributed by atoms with van der Waals surface area (Å²) < 4.78 is 43.6. The highest BCUT2D eigenvalue weighted by Gasteiger charge is 2.30. The molecule has 6 nitrogen and oxygen atoms in total. The number of anilines is 3. The number of halogens is 4. The summed E-state index contributed by atoms with van der Waals surface area (Å²) in [4.78, 5) is 14.0. The first-order valence-corrected chi connectivity index (χ1v) is 7.48. The Hall–Kier alpha value is -2.13. The zero-order valence-electron chi connectivity index (χ0n) is 12.3. The summed E-state index contributed by atoms with van der Waals surface area (Å²) in [6.45, 7) is 2.28. The minimum absolute atomic E-state index is 0.0408. The normalized spacial score (nSPS) is 15.4. The summed E-state index contributed by atoms with van der Waals surface area (Å²) in [5.74, 6) is 0.434. The molecule has 0 bridgehead atoms. The molecule has 128 valence electrons. The van der Waals surface area contributed by atoms with Crippen molar-refractivity contribution in [3.63, 3.8) is 0 Å². The van der Waals surface area contributed by atoms with Crippen LogP contribution in [-0.4, -0.2) is 41.3 Å². The van der Waals surface area contributed by atoms with E-state index in [4.69, 9.17) is 16.3 Å². The van der Waals surface area contributed by atoms with Crippen molar-refractivity contribution in [2.45, 2.75) is 6.18 Å². The molecule has 2 heterocycles. The number of hydrogen-bond donors (Lipinski definition) is 1. The Morgan fingerprint density at radius 2 is 1.88 bits per heavy atom. The first-order chi connectivity index (χ1) is 11.4. The van der Waals surface area contributed by atoms with Gasteiger partial charge in [-0.05, 0) is 29.8 Å². The Bertz CT molecular complexity index is 722. The van der Waals surface area contributed by atoms with Crippen LogP contribution >= 0.6 is 11.6 Å². The third-order valence-corrected chi connectivity index (χ3v) is 3.51. The average Bonchev–Trinajstić information content (AvgIpc) is 2.54. The van der Waals surface area contributed by atoms with Crippen LogP contribution in [0.3, 0.4) is 0 Å². The minimum Gasteiger partial charge on any atom is -0.378 e. The molecule has 1 aliphatic rings. The van der Waals surface area contributed by atoms with E-state index < -0.39 is 11.7 Å². The van der Waals surface area contributed by atoms with Gasteiger partial charge in [0.25, 0.3) is 0 Å². The van der Waals surface area contributed by atoms with Crippen LogP contribution in [0, 0.1) is 0 Å². The SMILES string of the molecule is FC(F)(F)c1cccc(Nc2nc(Cl)nc(N3CCOCC3)n2)c1. The largest absolute Gasteiger partial charge is 0.416 e. The maximum Gasteiger partial charge on any atom is 0.416 e. The van der Waals surface area contributed by atoms with E-state index in [1.807, 2.05) is 4.90 Å². The van der Waals surface area contributed by atoms with Gasteiger partial charge in [0.1, 0.15) is 0 Å². The van der Waals surface area contributed by atoms with Crippen LogP contribution in [-0.2, 0) is 10.9 Å². The number of rotatable bonds is 3. The maximum atomic E-state index is 12.8. The summed E-state index contributed by atoms with van der Waals surface area (Å²) in [6, 6.07) is 4.76. The van der Waals surface area contributed by atoms with Crippen LogP contribution in [0.15, 0.2) is 24.3 Å². The summed E-state index contributed by atoms with van der Waals surface area (Å²) in [5.41, 5.74) is -0.555. The van der Waals surface area contributed by atoms with Gasteiger partial charge in [-0.25, -0.2) is 0 Å². The lowest BCUT2D eigenvalue weighted by Crippen LogP contribution is -2.37. The van der Waals surface area contributed by atoms with Gasteiger partial charge in [-0.2, -0.15) is 28.1 Å². The molecule has 0 unspecified atom stereocenters. The summed E-state index contributed by atoms with van der Waals surface area (Å²) >= 11 is 5.90. The van der Waals surface area contributed by atoms with Gasteiger partial charge in [-0.1, -0.05) is 6.07 Å². The summed E-state index contributed by atoms with van der Waals surface area (Å²) in [7, 11) is 0. The lowest BCUT2D eigenvalue weighted by atomic mass is 10.2. The molecule has 3 rings (SSSR count). The molecule has 0 radical (unpaired) electrons. The van der Waals surface area contributed by atoms with Crippen molar-refractivity contribution in [1.29, 1.82) is 0 Å². The Kier molecular flexibility index (Phi) is 4.72. The lowest BCUT2D eigenvalue weighted by molar-refractivity contribution is -0.137. The highest BCUT2D eigenvalue weighted by molar-refractivity contribution is 6.28. The van der Waals surface area contributed by atoms with Crippen molar-refractivity contribution < 1.29 is 17.9 Å². The van der Waals surface area contributed by atoms with E-state index in [2.05, 4.69) is 20.3 Å². The molecule has 2 aromatic rings. The van der Waals surface area contributed by atoms with E-state index in [0.29, 0.717) is 32.3 Å². The molecule has 24 heavy (non-hydrogen) atoms. The Balaban J connectivity index is 1.83. The van der Waals surface area contributed by atoms with Crippen LogP contribution in [0.4, 0.5) is 30.8 Å². The monoisotopic (exact) mass is 359 g/mol. The van der Waals surface area contributed by atoms with Gasteiger partial charge in [0, 0.05) is 18.8 Å². The number of morpholine rings is 1. The summed E-state index contributed by atoms with van der Waals surface area (Å²) in [6.07, 6.45) is -4.42. The Labute approximate surface area is 140 Å². The molecule has 0 amide bonds. The van der Waals surface area contributed by atoms with Gasteiger partial charge in [-0.15, -0.1) is 0 Å². The number of alkyl halides is 3. The quantitative estimate of drug-likeness (QED) is 0.908. The Morgan fingerprint density at radius 1 is 1.12 bits per heavy atom. The highest BCUT2D eigenvalue weighted by Crippen LogP contribution is 2.31. The first kappa shape index (κ1) is 16.7. The molecule has 1 aromatic carbocycles. The van der Waals surface area contributed by atoms with E-state index >= 15 is 0 Å². The topological polar surface area (TPSA) is 63.2 Å². The van der Waals surface area contributed by atoms with Crippen molar-refractivity contribution in [2.24, 2.45) is 0 Å². The molecule has 1 saturated heterocycles. The van der Waals surface area contributed by atoms with Gasteiger partial charge in [-0.3, -0.25) is 0 Å². The minimum atomic E-state index is -4.42. The lowest BCUT2D eigenvalue weighted by Gasteiger charge is -2.26. The molecule has 0 aliphatic carbocycles. The van der Waals surface area contributed by atoms with Gasteiger partial charge >= 0.3 is 6.18 Å². The zero-order chi connectivity index (χ0) is 17.2. The smallest absolute Gasteiger partial charge is 0.378 e. The van der Waals surface area contributed by atoms with E-state index in [1.54, 1.807) is 0 Å². The molecule has 1 aliphatic heterocycles. The van der Waals surface area contributed by atoms with Crippen molar-refractivity contribution >= 4 is 29.2 Å². The second-order valence-electron chi connectivity index (χ2n) is 5.03. The van der Waals surface area contributed by atoms with Crippen LogP contribution in [0.2, 0.25) is 5.28 Å². The Morgan fingerprint density at radius 3 is 2.58 bits per heavy atom. The van der Waals surface area contributed by atoms with Crippen molar-refractivity contribution in [3.8, 4) is 0 Å². The zero-order valence-corrected chi connectivity index (χ0v) is 13.1. The van der Waals surface area contributed by atoms with E-state index in [1.165, 1.54) is 12.1 Å². The number of benzene rings is 1. The predicted octanol–water partition coefficient (Wildman–Crippen LogP) is 3.12. The van der Waals surface area contributed by atoms with Gasteiger partial charge in [0.05, 0.1) is 18.8 Å². The number of nitrogens with zero attached hydrogens (tertiary/aromatic N) is 4. The number of nitrogens with one attached hydrogen (secondary N) is 1.